The van der Waals surface area contributed by atoms with Crippen LogP contribution in [0.15, 0.2) is 30.4 Å². The van der Waals surface area contributed by atoms with E-state index in [0.29, 0.717) is 45.3 Å². The molecule has 0 aromatic heterocycles. The summed E-state index contributed by atoms with van der Waals surface area (Å²) >= 11 is 0. The molecule has 1 aromatic rings. The average molecular weight is 529 g/mol. The summed E-state index contributed by atoms with van der Waals surface area (Å²) in [5.41, 5.74) is 0.859. The van der Waals surface area contributed by atoms with Crippen molar-refractivity contribution in [2.24, 2.45) is 0 Å². The predicted molar refractivity (Wildman–Crippen MR) is 130 cm³/mol. The Kier molecular flexibility index (Phi) is 8.94. The monoisotopic (exact) mass is 528 g/mol. The van der Waals surface area contributed by atoms with Gasteiger partial charge in [-0.05, 0) is 18.6 Å². The van der Waals surface area contributed by atoms with E-state index in [4.69, 9.17) is 14.2 Å². The molecule has 202 valence electrons. The van der Waals surface area contributed by atoms with E-state index in [1.54, 1.807) is 12.1 Å². The normalized spacial score (nSPS) is 19.0. The second-order valence-electron chi connectivity index (χ2n) is 8.60. The van der Waals surface area contributed by atoms with Crippen molar-refractivity contribution < 1.29 is 43.0 Å². The number of fused-ring (bicyclic) bond motifs is 1. The number of piperidine rings is 1. The molecule has 1 saturated heterocycles. The Labute approximate surface area is 218 Å². The Hall–Kier alpha value is -3.94. The summed E-state index contributed by atoms with van der Waals surface area (Å²) in [4.78, 5) is 74.4. The van der Waals surface area contributed by atoms with Crippen LogP contribution in [0.2, 0.25) is 0 Å². The molecule has 0 bridgehead atoms. The molecule has 1 unspecified atom stereocenters. The minimum absolute atomic E-state index is 0.0595. The van der Waals surface area contributed by atoms with E-state index in [1.165, 1.54) is 18.2 Å². The number of hydrogen-bond acceptors (Lipinski definition) is 10. The molecule has 3 aliphatic rings. The number of anilines is 1. The molecule has 2 N–H and O–H groups in total. The highest BCUT2D eigenvalue weighted by Gasteiger charge is 2.45. The van der Waals surface area contributed by atoms with Crippen LogP contribution in [0.4, 0.5) is 5.69 Å². The molecule has 1 atom stereocenters. The summed E-state index contributed by atoms with van der Waals surface area (Å²) in [5.74, 6) is -2.89. The summed E-state index contributed by atoms with van der Waals surface area (Å²) in [7, 11) is 0. The van der Waals surface area contributed by atoms with E-state index in [9.17, 15) is 28.8 Å². The number of carbonyl (C=O) groups excluding carboxylic acids is 6. The van der Waals surface area contributed by atoms with E-state index in [0.717, 1.165) is 9.80 Å². The molecule has 1 aromatic carbocycles. The first-order valence-electron chi connectivity index (χ1n) is 12.2. The first kappa shape index (κ1) is 27.1. The van der Waals surface area contributed by atoms with Crippen molar-refractivity contribution in [3.8, 4) is 0 Å². The maximum absolute atomic E-state index is 13.1. The Bertz CT molecular complexity index is 1150. The Balaban J connectivity index is 1.11. The first-order valence-corrected chi connectivity index (χ1v) is 12.2. The zero-order chi connectivity index (χ0) is 27.1. The van der Waals surface area contributed by atoms with Gasteiger partial charge in [-0.2, -0.15) is 0 Å². The molecule has 0 saturated carbocycles. The first-order chi connectivity index (χ1) is 18.4. The van der Waals surface area contributed by atoms with Gasteiger partial charge in [0.25, 0.3) is 23.6 Å². The second-order valence-corrected chi connectivity index (χ2v) is 8.60. The third-order valence-corrected chi connectivity index (χ3v) is 6.13. The van der Waals surface area contributed by atoms with Gasteiger partial charge in [0.15, 0.2) is 0 Å². The topological polar surface area (TPSA) is 161 Å². The summed E-state index contributed by atoms with van der Waals surface area (Å²) in [6.45, 7) is 2.41. The number of imide groups is 3. The number of amides is 6. The van der Waals surface area contributed by atoms with Crippen LogP contribution in [0, 0.1) is 0 Å². The van der Waals surface area contributed by atoms with Crippen molar-refractivity contribution in [1.29, 1.82) is 0 Å². The molecule has 4 rings (SSSR count). The summed E-state index contributed by atoms with van der Waals surface area (Å²) < 4.78 is 16.3. The maximum atomic E-state index is 13.1. The lowest BCUT2D eigenvalue weighted by atomic mass is 10.0. The van der Waals surface area contributed by atoms with Crippen molar-refractivity contribution in [1.82, 2.24) is 15.1 Å². The highest BCUT2D eigenvalue weighted by atomic mass is 16.5. The van der Waals surface area contributed by atoms with Crippen molar-refractivity contribution in [3.63, 3.8) is 0 Å². The van der Waals surface area contributed by atoms with Gasteiger partial charge in [0.2, 0.25) is 11.8 Å². The number of benzene rings is 1. The average Bonchev–Trinajstić information content (AvgIpc) is 3.35. The molecular formula is C25H28N4O9. The van der Waals surface area contributed by atoms with E-state index in [1.807, 2.05) is 0 Å². The standard InChI is InChI=1S/C25H28N4O9/c30-19-5-4-18(23(33)27-19)29-24(34)16-2-1-3-17(22(16)25(29)35)26-8-10-36-12-14-38-15-13-37-11-9-28-20(31)6-7-21(28)32/h1-3,6-7,18,26H,4-5,8-15H2,(H,27,30,33). The summed E-state index contributed by atoms with van der Waals surface area (Å²) in [6, 6.07) is 3.84. The van der Waals surface area contributed by atoms with Gasteiger partial charge in [0, 0.05) is 30.8 Å². The van der Waals surface area contributed by atoms with E-state index in [-0.39, 0.29) is 48.9 Å². The lowest BCUT2D eigenvalue weighted by molar-refractivity contribution is -0.138. The van der Waals surface area contributed by atoms with Crippen LogP contribution in [-0.4, -0.2) is 104 Å². The zero-order valence-corrected chi connectivity index (χ0v) is 20.6. The van der Waals surface area contributed by atoms with Crippen molar-refractivity contribution in [3.05, 3.63) is 41.5 Å². The molecule has 0 aliphatic carbocycles. The van der Waals surface area contributed by atoms with Gasteiger partial charge in [-0.3, -0.25) is 43.9 Å². The molecule has 13 heteroatoms. The van der Waals surface area contributed by atoms with Crippen LogP contribution >= 0.6 is 0 Å². The third-order valence-electron chi connectivity index (χ3n) is 6.13. The van der Waals surface area contributed by atoms with Crippen LogP contribution in [0.5, 0.6) is 0 Å². The fraction of sp³-hybridized carbons (Fsp3) is 0.440. The van der Waals surface area contributed by atoms with Gasteiger partial charge in [0.05, 0.1) is 57.3 Å². The smallest absolute Gasteiger partial charge is 0.264 e. The Morgan fingerprint density at radius 2 is 1.50 bits per heavy atom. The number of hydrogen-bond donors (Lipinski definition) is 2. The largest absolute Gasteiger partial charge is 0.382 e. The number of carbonyl (C=O) groups is 6. The Morgan fingerprint density at radius 1 is 0.842 bits per heavy atom. The molecule has 3 aliphatic heterocycles. The van der Waals surface area contributed by atoms with Crippen molar-refractivity contribution in [2.75, 3.05) is 58.0 Å². The minimum atomic E-state index is -1.02. The highest BCUT2D eigenvalue weighted by molar-refractivity contribution is 6.25. The van der Waals surface area contributed by atoms with Gasteiger partial charge < -0.3 is 19.5 Å². The van der Waals surface area contributed by atoms with Crippen LogP contribution in [0.25, 0.3) is 0 Å². The third kappa shape index (κ3) is 6.13. The van der Waals surface area contributed by atoms with Crippen LogP contribution in [-0.2, 0) is 33.4 Å². The number of rotatable bonds is 14. The van der Waals surface area contributed by atoms with E-state index >= 15 is 0 Å². The molecule has 0 radical (unpaired) electrons. The molecular weight excluding hydrogens is 500 g/mol. The molecule has 38 heavy (non-hydrogen) atoms. The summed E-state index contributed by atoms with van der Waals surface area (Å²) in [5, 5.41) is 5.27. The summed E-state index contributed by atoms with van der Waals surface area (Å²) in [6.07, 6.45) is 2.61. The Morgan fingerprint density at radius 3 is 2.18 bits per heavy atom. The number of ether oxygens (including phenoxy) is 3. The highest BCUT2D eigenvalue weighted by Crippen LogP contribution is 2.32. The number of nitrogens with zero attached hydrogens (tertiary/aromatic N) is 2. The van der Waals surface area contributed by atoms with Gasteiger partial charge in [-0.1, -0.05) is 6.07 Å². The van der Waals surface area contributed by atoms with E-state index < -0.39 is 29.7 Å². The molecule has 3 heterocycles. The van der Waals surface area contributed by atoms with Gasteiger partial charge in [0.1, 0.15) is 6.04 Å². The zero-order valence-electron chi connectivity index (χ0n) is 20.6. The molecule has 13 nitrogen and oxygen atoms in total. The van der Waals surface area contributed by atoms with Crippen LogP contribution in [0.3, 0.4) is 0 Å². The van der Waals surface area contributed by atoms with Crippen molar-refractivity contribution >= 4 is 41.1 Å². The van der Waals surface area contributed by atoms with Crippen molar-refractivity contribution in [2.45, 2.75) is 18.9 Å². The van der Waals surface area contributed by atoms with Gasteiger partial charge in [-0.15, -0.1) is 0 Å². The van der Waals surface area contributed by atoms with Gasteiger partial charge in [-0.25, -0.2) is 0 Å². The number of nitrogens with one attached hydrogen (secondary N) is 2. The van der Waals surface area contributed by atoms with Crippen LogP contribution < -0.4 is 10.6 Å². The lowest BCUT2D eigenvalue weighted by Gasteiger charge is -2.27. The second kappa shape index (κ2) is 12.5. The quantitative estimate of drug-likeness (QED) is 0.237. The molecule has 6 amide bonds. The molecule has 0 spiro atoms. The SMILES string of the molecule is O=C1CCC(N2C(=O)c3cccc(NCCOCCOCCOCCN4C(=O)C=CC4=O)c3C2=O)C(=O)N1. The van der Waals surface area contributed by atoms with E-state index in [2.05, 4.69) is 10.6 Å². The predicted octanol–water partition coefficient (Wildman–Crippen LogP) is -0.525. The minimum Gasteiger partial charge on any atom is -0.382 e. The fourth-order valence-corrected chi connectivity index (χ4v) is 4.27. The fourth-order valence-electron chi connectivity index (χ4n) is 4.27. The maximum Gasteiger partial charge on any atom is 0.264 e. The van der Waals surface area contributed by atoms with Gasteiger partial charge >= 0.3 is 0 Å². The molecule has 1 fully saturated rings. The lowest BCUT2D eigenvalue weighted by Crippen LogP contribution is -2.54. The van der Waals surface area contributed by atoms with Crippen LogP contribution in [0.1, 0.15) is 33.6 Å².